The number of urea groups is 1. The second kappa shape index (κ2) is 9.01. The van der Waals surface area contributed by atoms with Gasteiger partial charge in [-0.25, -0.2) is 9.18 Å². The van der Waals surface area contributed by atoms with E-state index in [1.165, 1.54) is 31.4 Å². The van der Waals surface area contributed by atoms with Gasteiger partial charge in [-0.1, -0.05) is 31.4 Å². The van der Waals surface area contributed by atoms with E-state index in [0.717, 1.165) is 18.4 Å². The molecular weight excluding hydrogens is 333 g/mol. The lowest BCUT2D eigenvalue weighted by atomic mass is 9.95. The van der Waals surface area contributed by atoms with Crippen LogP contribution >= 0.6 is 0 Å². The van der Waals surface area contributed by atoms with Crippen LogP contribution in [-0.4, -0.2) is 36.0 Å². The molecule has 1 aliphatic heterocycles. The first-order valence-electron chi connectivity index (χ1n) is 9.69. The summed E-state index contributed by atoms with van der Waals surface area (Å²) < 4.78 is 12.9. The molecule has 0 unspecified atom stereocenters. The van der Waals surface area contributed by atoms with E-state index in [4.69, 9.17) is 0 Å². The first-order chi connectivity index (χ1) is 12.6. The molecular formula is C20H28FN3O2. The Morgan fingerprint density at radius 3 is 2.31 bits per heavy atom. The van der Waals surface area contributed by atoms with Crippen molar-refractivity contribution in [3.63, 3.8) is 0 Å². The van der Waals surface area contributed by atoms with E-state index in [1.807, 2.05) is 4.90 Å². The number of nitrogens with one attached hydrogen (secondary N) is 2. The van der Waals surface area contributed by atoms with E-state index < -0.39 is 0 Å². The van der Waals surface area contributed by atoms with Crippen molar-refractivity contribution in [3.05, 3.63) is 35.6 Å². The number of carbonyl (C=O) groups excluding carboxylic acids is 2. The Hall–Kier alpha value is -2.11. The molecule has 2 N–H and O–H groups in total. The number of halogens is 1. The largest absolute Gasteiger partial charge is 0.352 e. The van der Waals surface area contributed by atoms with Gasteiger partial charge in [0.05, 0.1) is 0 Å². The lowest BCUT2D eigenvalue weighted by Crippen LogP contribution is -2.49. The summed E-state index contributed by atoms with van der Waals surface area (Å²) >= 11 is 0. The Labute approximate surface area is 154 Å². The number of amides is 3. The molecule has 1 aromatic rings. The van der Waals surface area contributed by atoms with E-state index in [0.29, 0.717) is 38.5 Å². The number of hydrogen-bond acceptors (Lipinski definition) is 2. The average molecular weight is 361 g/mol. The molecule has 2 fully saturated rings. The molecule has 2 aliphatic rings. The summed E-state index contributed by atoms with van der Waals surface area (Å²) in [5.41, 5.74) is 0.879. The van der Waals surface area contributed by atoms with Crippen LogP contribution < -0.4 is 10.6 Å². The molecule has 3 rings (SSSR count). The van der Waals surface area contributed by atoms with Gasteiger partial charge in [0.1, 0.15) is 5.82 Å². The lowest BCUT2D eigenvalue weighted by molar-refractivity contribution is -0.126. The van der Waals surface area contributed by atoms with Crippen molar-refractivity contribution in [2.45, 2.75) is 57.5 Å². The minimum Gasteiger partial charge on any atom is -0.352 e. The summed E-state index contributed by atoms with van der Waals surface area (Å²) in [7, 11) is 0. The summed E-state index contributed by atoms with van der Waals surface area (Å²) in [6.45, 7) is 1.64. The van der Waals surface area contributed by atoms with Crippen molar-refractivity contribution < 1.29 is 14.0 Å². The molecule has 1 saturated heterocycles. The summed E-state index contributed by atoms with van der Waals surface area (Å²) in [4.78, 5) is 26.5. The number of benzene rings is 1. The highest BCUT2D eigenvalue weighted by molar-refractivity contribution is 5.79. The smallest absolute Gasteiger partial charge is 0.317 e. The fraction of sp³-hybridized carbons (Fsp3) is 0.600. The van der Waals surface area contributed by atoms with Gasteiger partial charge in [0.15, 0.2) is 0 Å². The molecule has 1 aliphatic carbocycles. The van der Waals surface area contributed by atoms with E-state index in [1.54, 1.807) is 12.1 Å². The van der Waals surface area contributed by atoms with Crippen LogP contribution in [0.4, 0.5) is 9.18 Å². The highest BCUT2D eigenvalue weighted by Gasteiger charge is 2.28. The van der Waals surface area contributed by atoms with Crippen molar-refractivity contribution >= 4 is 11.9 Å². The Bertz CT molecular complexity index is 606. The Morgan fingerprint density at radius 1 is 1.00 bits per heavy atom. The first kappa shape index (κ1) is 18.7. The lowest BCUT2D eigenvalue weighted by Gasteiger charge is -2.33. The minimum absolute atomic E-state index is 0.0154. The highest BCUT2D eigenvalue weighted by atomic mass is 19.1. The number of rotatable bonds is 4. The zero-order valence-corrected chi connectivity index (χ0v) is 15.2. The van der Waals surface area contributed by atoms with Crippen LogP contribution in [-0.2, 0) is 11.3 Å². The van der Waals surface area contributed by atoms with Crippen molar-refractivity contribution in [1.29, 1.82) is 0 Å². The topological polar surface area (TPSA) is 61.4 Å². The van der Waals surface area contributed by atoms with Crippen molar-refractivity contribution in [2.75, 3.05) is 13.1 Å². The summed E-state index contributed by atoms with van der Waals surface area (Å²) in [5.74, 6) is -0.324. The molecule has 1 saturated carbocycles. The van der Waals surface area contributed by atoms with Gasteiger partial charge in [-0.3, -0.25) is 4.79 Å². The zero-order valence-electron chi connectivity index (χ0n) is 15.2. The van der Waals surface area contributed by atoms with Crippen LogP contribution in [0.5, 0.6) is 0 Å². The highest BCUT2D eigenvalue weighted by Crippen LogP contribution is 2.20. The van der Waals surface area contributed by atoms with Crippen LogP contribution in [0, 0.1) is 11.7 Å². The van der Waals surface area contributed by atoms with Gasteiger partial charge < -0.3 is 15.5 Å². The van der Waals surface area contributed by atoms with Gasteiger partial charge in [-0.15, -0.1) is 0 Å². The molecule has 142 valence electrons. The van der Waals surface area contributed by atoms with Gasteiger partial charge in [0, 0.05) is 31.6 Å². The molecule has 0 aromatic heterocycles. The SMILES string of the molecule is O=C(NCc1ccc(F)cc1)C1CCN(C(=O)NC2CCCCC2)CC1. The van der Waals surface area contributed by atoms with E-state index in [2.05, 4.69) is 10.6 Å². The maximum absolute atomic E-state index is 12.9. The van der Waals surface area contributed by atoms with E-state index in [-0.39, 0.29) is 23.7 Å². The zero-order chi connectivity index (χ0) is 18.4. The van der Waals surface area contributed by atoms with Crippen molar-refractivity contribution in [2.24, 2.45) is 5.92 Å². The molecule has 1 aromatic carbocycles. The van der Waals surface area contributed by atoms with Crippen LogP contribution in [0.25, 0.3) is 0 Å². The second-order valence-corrected chi connectivity index (χ2v) is 7.39. The van der Waals surface area contributed by atoms with Crippen LogP contribution in [0.3, 0.4) is 0 Å². The van der Waals surface area contributed by atoms with Crippen molar-refractivity contribution in [1.82, 2.24) is 15.5 Å². The third kappa shape index (κ3) is 5.19. The molecule has 6 heteroatoms. The Balaban J connectivity index is 1.39. The van der Waals surface area contributed by atoms with Crippen molar-refractivity contribution in [3.8, 4) is 0 Å². The molecule has 26 heavy (non-hydrogen) atoms. The van der Waals surface area contributed by atoms with Crippen LogP contribution in [0.15, 0.2) is 24.3 Å². The van der Waals surface area contributed by atoms with Gasteiger partial charge >= 0.3 is 6.03 Å². The Morgan fingerprint density at radius 2 is 1.65 bits per heavy atom. The predicted octanol–water partition coefficient (Wildman–Crippen LogP) is 3.20. The number of carbonyl (C=O) groups is 2. The fourth-order valence-corrected chi connectivity index (χ4v) is 3.79. The van der Waals surface area contributed by atoms with E-state index in [9.17, 15) is 14.0 Å². The standard InChI is InChI=1S/C20H28FN3O2/c21-17-8-6-15(7-9-17)14-22-19(25)16-10-12-24(13-11-16)20(26)23-18-4-2-1-3-5-18/h6-9,16,18H,1-5,10-14H2,(H,22,25)(H,23,26). The monoisotopic (exact) mass is 361 g/mol. The summed E-state index contributed by atoms with van der Waals surface area (Å²) in [5, 5.41) is 6.06. The van der Waals surface area contributed by atoms with E-state index >= 15 is 0 Å². The summed E-state index contributed by atoms with van der Waals surface area (Å²) in [6.07, 6.45) is 7.19. The average Bonchev–Trinajstić information content (AvgIpc) is 2.68. The molecule has 5 nitrogen and oxygen atoms in total. The first-order valence-corrected chi connectivity index (χ1v) is 9.69. The molecule has 0 radical (unpaired) electrons. The number of nitrogens with zero attached hydrogens (tertiary/aromatic N) is 1. The normalized spacial score (nSPS) is 19.2. The molecule has 0 bridgehead atoms. The van der Waals surface area contributed by atoms with Gasteiger partial charge in [-0.05, 0) is 43.4 Å². The molecule has 0 atom stereocenters. The molecule has 3 amide bonds. The second-order valence-electron chi connectivity index (χ2n) is 7.39. The van der Waals surface area contributed by atoms with Gasteiger partial charge in [0.25, 0.3) is 0 Å². The predicted molar refractivity (Wildman–Crippen MR) is 97.9 cm³/mol. The molecule has 0 spiro atoms. The molecule has 1 heterocycles. The van der Waals surface area contributed by atoms with Crippen LogP contribution in [0.2, 0.25) is 0 Å². The maximum Gasteiger partial charge on any atom is 0.317 e. The number of piperidine rings is 1. The quantitative estimate of drug-likeness (QED) is 0.865. The van der Waals surface area contributed by atoms with Gasteiger partial charge in [-0.2, -0.15) is 0 Å². The number of likely N-dealkylation sites (tertiary alicyclic amines) is 1. The third-order valence-corrected chi connectivity index (χ3v) is 5.47. The summed E-state index contributed by atoms with van der Waals surface area (Å²) in [6, 6.07) is 6.47. The minimum atomic E-state index is -0.279. The van der Waals surface area contributed by atoms with Gasteiger partial charge in [0.2, 0.25) is 5.91 Å². The number of hydrogen-bond donors (Lipinski definition) is 2. The third-order valence-electron chi connectivity index (χ3n) is 5.47. The van der Waals surface area contributed by atoms with Crippen LogP contribution in [0.1, 0.15) is 50.5 Å². The fourth-order valence-electron chi connectivity index (χ4n) is 3.79. The maximum atomic E-state index is 12.9. The Kier molecular flexibility index (Phi) is 6.47.